The maximum atomic E-state index is 13.7. The van der Waals surface area contributed by atoms with E-state index in [0.717, 1.165) is 0 Å². The van der Waals surface area contributed by atoms with Crippen molar-refractivity contribution in [1.29, 1.82) is 0 Å². The van der Waals surface area contributed by atoms with Gasteiger partial charge in [-0.25, -0.2) is 4.39 Å². The molecule has 0 radical (unpaired) electrons. The van der Waals surface area contributed by atoms with Crippen LogP contribution in [-0.4, -0.2) is 58.4 Å². The molecule has 0 aromatic heterocycles. The quantitative estimate of drug-likeness (QED) is 0.406. The Morgan fingerprint density at radius 1 is 0.941 bits per heavy atom. The van der Waals surface area contributed by atoms with Crippen molar-refractivity contribution in [2.45, 2.75) is 11.4 Å². The number of halogens is 1. The zero-order chi connectivity index (χ0) is 24.7. The smallest absolute Gasteiger partial charge is 0.339 e. The van der Waals surface area contributed by atoms with Gasteiger partial charge in [0.15, 0.2) is 0 Å². The van der Waals surface area contributed by atoms with Crippen molar-refractivity contribution >= 4 is 16.0 Å². The van der Waals surface area contributed by atoms with Crippen molar-refractivity contribution in [1.82, 2.24) is 9.80 Å². The topological polar surface area (TPSA) is 76.2 Å². The molecule has 7 nitrogen and oxygen atoms in total. The molecule has 0 unspecified atom stereocenters. The van der Waals surface area contributed by atoms with Crippen molar-refractivity contribution in [2.24, 2.45) is 0 Å². The first-order valence-electron chi connectivity index (χ1n) is 10.6. The number of hydrogen-bond donors (Lipinski definition) is 0. The highest BCUT2D eigenvalue weighted by Crippen LogP contribution is 2.26. The molecule has 0 aliphatic rings. The van der Waals surface area contributed by atoms with Crippen LogP contribution >= 0.6 is 0 Å². The lowest BCUT2D eigenvalue weighted by Crippen LogP contribution is -2.36. The van der Waals surface area contributed by atoms with Gasteiger partial charge in [0.2, 0.25) is 0 Å². The van der Waals surface area contributed by atoms with Crippen LogP contribution in [0.15, 0.2) is 77.7 Å². The van der Waals surface area contributed by atoms with E-state index in [0.29, 0.717) is 24.4 Å². The molecule has 1 amide bonds. The Labute approximate surface area is 199 Å². The van der Waals surface area contributed by atoms with Crippen LogP contribution in [-0.2, 0) is 16.7 Å². The molecule has 0 aliphatic heterocycles. The van der Waals surface area contributed by atoms with E-state index in [-0.39, 0.29) is 28.7 Å². The second-order valence-corrected chi connectivity index (χ2v) is 9.41. The number of likely N-dealkylation sites (N-methyl/N-ethyl adjacent to an activating group) is 1. The Morgan fingerprint density at radius 3 is 2.29 bits per heavy atom. The molecular weight excluding hydrogens is 459 g/mol. The van der Waals surface area contributed by atoms with Crippen molar-refractivity contribution < 1.29 is 26.5 Å². The van der Waals surface area contributed by atoms with Crippen LogP contribution in [0.5, 0.6) is 11.5 Å². The van der Waals surface area contributed by atoms with E-state index in [2.05, 4.69) is 0 Å². The number of nitrogens with zero attached hydrogens (tertiary/aromatic N) is 2. The van der Waals surface area contributed by atoms with Gasteiger partial charge in [0.1, 0.15) is 22.2 Å². The molecule has 0 bridgehead atoms. The van der Waals surface area contributed by atoms with Gasteiger partial charge in [-0.3, -0.25) is 4.79 Å². The fourth-order valence-corrected chi connectivity index (χ4v) is 4.17. The lowest BCUT2D eigenvalue weighted by Gasteiger charge is -2.25. The predicted octanol–water partition coefficient (Wildman–Crippen LogP) is 3.81. The predicted molar refractivity (Wildman–Crippen MR) is 127 cm³/mol. The average Bonchev–Trinajstić information content (AvgIpc) is 2.82. The lowest BCUT2D eigenvalue weighted by atomic mass is 10.1. The molecule has 0 atom stereocenters. The SMILES string of the molecule is COc1ccc(S(=O)(=O)Oc2ccccc2CN(CCN(C)C)C(=O)c2cccc(F)c2)cc1. The lowest BCUT2D eigenvalue weighted by molar-refractivity contribution is 0.0731. The number of ether oxygens (including phenoxy) is 1. The van der Waals surface area contributed by atoms with Gasteiger partial charge in [-0.2, -0.15) is 8.42 Å². The van der Waals surface area contributed by atoms with E-state index in [4.69, 9.17) is 8.92 Å². The van der Waals surface area contributed by atoms with Crippen LogP contribution in [0.3, 0.4) is 0 Å². The third-order valence-electron chi connectivity index (χ3n) is 5.06. The van der Waals surface area contributed by atoms with E-state index in [1.165, 1.54) is 60.5 Å². The van der Waals surface area contributed by atoms with Gasteiger partial charge in [-0.05, 0) is 62.6 Å². The van der Waals surface area contributed by atoms with Crippen molar-refractivity contribution in [3.8, 4) is 11.5 Å². The van der Waals surface area contributed by atoms with Gasteiger partial charge in [-0.15, -0.1) is 0 Å². The fraction of sp³-hybridized carbons (Fsp3) is 0.240. The Balaban J connectivity index is 1.88. The highest BCUT2D eigenvalue weighted by atomic mass is 32.2. The minimum absolute atomic E-state index is 0.0246. The van der Waals surface area contributed by atoms with Gasteiger partial charge < -0.3 is 18.7 Å². The number of carbonyl (C=O) groups is 1. The van der Waals surface area contributed by atoms with Gasteiger partial charge in [0, 0.05) is 30.8 Å². The first kappa shape index (κ1) is 25.2. The molecule has 0 saturated carbocycles. The number of rotatable bonds is 10. The Morgan fingerprint density at radius 2 is 1.65 bits per heavy atom. The largest absolute Gasteiger partial charge is 0.497 e. The second-order valence-electron chi connectivity index (χ2n) is 7.86. The molecule has 0 heterocycles. The first-order valence-corrected chi connectivity index (χ1v) is 12.0. The molecular formula is C25H27FN2O5S. The van der Waals surface area contributed by atoms with E-state index in [1.807, 2.05) is 19.0 Å². The van der Waals surface area contributed by atoms with Gasteiger partial charge in [0.05, 0.1) is 7.11 Å². The Kier molecular flexibility index (Phi) is 8.25. The Hall–Kier alpha value is -3.43. The zero-order valence-corrected chi connectivity index (χ0v) is 20.1. The number of methoxy groups -OCH3 is 1. The molecule has 3 aromatic rings. The number of benzene rings is 3. The molecule has 34 heavy (non-hydrogen) atoms. The Bertz CT molecular complexity index is 1230. The van der Waals surface area contributed by atoms with Crippen LogP contribution < -0.4 is 8.92 Å². The molecule has 0 saturated heterocycles. The van der Waals surface area contributed by atoms with Crippen molar-refractivity contribution in [2.75, 3.05) is 34.3 Å². The number of amides is 1. The number of para-hydroxylation sites is 1. The van der Waals surface area contributed by atoms with Gasteiger partial charge in [0.25, 0.3) is 5.91 Å². The van der Waals surface area contributed by atoms with Gasteiger partial charge in [-0.1, -0.05) is 24.3 Å². The molecule has 9 heteroatoms. The number of hydrogen-bond acceptors (Lipinski definition) is 6. The minimum Gasteiger partial charge on any atom is -0.497 e. The third kappa shape index (κ3) is 6.55. The minimum atomic E-state index is -4.12. The normalized spacial score (nSPS) is 11.3. The molecule has 3 rings (SSSR count). The second kappa shape index (κ2) is 11.1. The molecule has 0 N–H and O–H groups in total. The summed E-state index contributed by atoms with van der Waals surface area (Å²) in [4.78, 5) is 16.6. The van der Waals surface area contributed by atoms with Crippen LogP contribution in [0, 0.1) is 5.82 Å². The maximum Gasteiger partial charge on any atom is 0.339 e. The average molecular weight is 487 g/mol. The monoisotopic (exact) mass is 486 g/mol. The van der Waals surface area contributed by atoms with Crippen LogP contribution in [0.25, 0.3) is 0 Å². The molecule has 3 aromatic carbocycles. The van der Waals surface area contributed by atoms with E-state index in [9.17, 15) is 17.6 Å². The molecule has 180 valence electrons. The summed E-state index contributed by atoms with van der Waals surface area (Å²) in [6, 6.07) is 18.0. The summed E-state index contributed by atoms with van der Waals surface area (Å²) in [5.41, 5.74) is 0.714. The summed E-state index contributed by atoms with van der Waals surface area (Å²) in [6.45, 7) is 0.994. The summed E-state index contributed by atoms with van der Waals surface area (Å²) in [5.74, 6) is -0.242. The maximum absolute atomic E-state index is 13.7. The highest BCUT2D eigenvalue weighted by molar-refractivity contribution is 7.87. The van der Waals surface area contributed by atoms with Crippen molar-refractivity contribution in [3.05, 3.63) is 89.7 Å². The number of carbonyl (C=O) groups excluding carboxylic acids is 1. The summed E-state index contributed by atoms with van der Waals surface area (Å²) < 4.78 is 49.9. The molecule has 0 fully saturated rings. The molecule has 0 spiro atoms. The fourth-order valence-electron chi connectivity index (χ4n) is 3.21. The van der Waals surface area contributed by atoms with E-state index >= 15 is 0 Å². The standard InChI is InChI=1S/C25H27FN2O5S/c1-27(2)15-16-28(25(29)19-8-6-9-21(26)17-19)18-20-7-4-5-10-24(20)33-34(30,31)23-13-11-22(32-3)12-14-23/h4-14,17H,15-16,18H2,1-3H3. The molecule has 0 aliphatic carbocycles. The van der Waals surface area contributed by atoms with Gasteiger partial charge >= 0.3 is 10.1 Å². The van der Waals surface area contributed by atoms with E-state index < -0.39 is 15.9 Å². The summed E-state index contributed by atoms with van der Waals surface area (Å²) in [7, 11) is 1.13. The van der Waals surface area contributed by atoms with Crippen molar-refractivity contribution in [3.63, 3.8) is 0 Å². The van der Waals surface area contributed by atoms with E-state index in [1.54, 1.807) is 24.3 Å². The summed E-state index contributed by atoms with van der Waals surface area (Å²) in [5, 5.41) is 0. The highest BCUT2D eigenvalue weighted by Gasteiger charge is 2.22. The summed E-state index contributed by atoms with van der Waals surface area (Å²) in [6.07, 6.45) is 0. The van der Waals surface area contributed by atoms with Crippen LogP contribution in [0.1, 0.15) is 15.9 Å². The third-order valence-corrected chi connectivity index (χ3v) is 6.31. The van der Waals surface area contributed by atoms with Crippen LogP contribution in [0.2, 0.25) is 0 Å². The van der Waals surface area contributed by atoms with Crippen LogP contribution in [0.4, 0.5) is 4.39 Å². The summed E-state index contributed by atoms with van der Waals surface area (Å²) >= 11 is 0. The zero-order valence-electron chi connectivity index (χ0n) is 19.3. The first-order chi connectivity index (χ1) is 16.2.